The summed E-state index contributed by atoms with van der Waals surface area (Å²) in [7, 11) is 0. The maximum absolute atomic E-state index is 13.1. The number of alkyl halides is 3. The van der Waals surface area contributed by atoms with Gasteiger partial charge in [-0.05, 0) is 23.8 Å². The third kappa shape index (κ3) is 3.27. The molecule has 3 rings (SSSR count). The van der Waals surface area contributed by atoms with E-state index in [0.717, 1.165) is 0 Å². The maximum Gasteiger partial charge on any atom is 0.417 e. The molecule has 2 heterocycles. The molecule has 1 aromatic heterocycles. The van der Waals surface area contributed by atoms with Crippen LogP contribution in [0.25, 0.3) is 0 Å². The number of hydrogen-bond acceptors (Lipinski definition) is 4. The molecular weight excluding hydrogens is 342 g/mol. The van der Waals surface area contributed by atoms with Crippen LogP contribution in [0.3, 0.4) is 0 Å². The number of benzene rings is 1. The first-order valence-electron chi connectivity index (χ1n) is 7.20. The summed E-state index contributed by atoms with van der Waals surface area (Å²) >= 11 is 0. The Morgan fingerprint density at radius 3 is 2.36 bits per heavy atom. The predicted octanol–water partition coefficient (Wildman–Crippen LogP) is 2.48. The number of nitrogens with one attached hydrogen (secondary N) is 1. The summed E-state index contributed by atoms with van der Waals surface area (Å²) in [4.78, 5) is 15.9. The van der Waals surface area contributed by atoms with Crippen LogP contribution in [0.1, 0.15) is 21.6 Å². The van der Waals surface area contributed by atoms with Crippen molar-refractivity contribution in [3.63, 3.8) is 0 Å². The van der Waals surface area contributed by atoms with Crippen LogP contribution in [-0.2, 0) is 16.5 Å². The second-order valence-electron chi connectivity index (χ2n) is 5.70. The van der Waals surface area contributed by atoms with Gasteiger partial charge in [0.1, 0.15) is 11.4 Å². The van der Waals surface area contributed by atoms with E-state index in [0.29, 0.717) is 17.8 Å². The highest BCUT2D eigenvalue weighted by Crippen LogP contribution is 2.32. The first-order chi connectivity index (χ1) is 11.7. The molecule has 0 saturated carbocycles. The SMILES string of the molecule is Nc1cc(C(F)(F)F)cnc1C(=O)NC1(c2ccc(F)cc2)COC1. The summed E-state index contributed by atoms with van der Waals surface area (Å²) in [5.74, 6) is -1.17. The molecule has 0 bridgehead atoms. The Balaban J connectivity index is 1.85. The number of halogens is 4. The van der Waals surface area contributed by atoms with E-state index in [4.69, 9.17) is 10.5 Å². The smallest absolute Gasteiger partial charge is 0.397 e. The van der Waals surface area contributed by atoms with Crippen molar-refractivity contribution >= 4 is 11.6 Å². The first kappa shape index (κ1) is 17.2. The van der Waals surface area contributed by atoms with Crippen molar-refractivity contribution in [3.05, 3.63) is 59.2 Å². The van der Waals surface area contributed by atoms with Gasteiger partial charge in [0.25, 0.3) is 5.91 Å². The lowest BCUT2D eigenvalue weighted by Gasteiger charge is -2.42. The average molecular weight is 355 g/mol. The zero-order valence-corrected chi connectivity index (χ0v) is 12.7. The molecule has 25 heavy (non-hydrogen) atoms. The third-order valence-corrected chi connectivity index (χ3v) is 3.91. The van der Waals surface area contributed by atoms with Gasteiger partial charge in [0, 0.05) is 6.20 Å². The van der Waals surface area contributed by atoms with E-state index in [1.54, 1.807) is 0 Å². The molecule has 0 aliphatic carbocycles. The van der Waals surface area contributed by atoms with E-state index in [-0.39, 0.29) is 24.6 Å². The Hall–Kier alpha value is -2.68. The quantitative estimate of drug-likeness (QED) is 0.830. The van der Waals surface area contributed by atoms with Gasteiger partial charge in [0.2, 0.25) is 0 Å². The molecular formula is C16H13F4N3O2. The molecule has 1 saturated heterocycles. The lowest BCUT2D eigenvalue weighted by atomic mass is 9.87. The minimum Gasteiger partial charge on any atom is -0.397 e. The summed E-state index contributed by atoms with van der Waals surface area (Å²) < 4.78 is 56.2. The van der Waals surface area contributed by atoms with E-state index in [2.05, 4.69) is 10.3 Å². The molecule has 1 aliphatic heterocycles. The highest BCUT2D eigenvalue weighted by Gasteiger charge is 2.42. The summed E-state index contributed by atoms with van der Waals surface area (Å²) in [6.07, 6.45) is -4.06. The highest BCUT2D eigenvalue weighted by atomic mass is 19.4. The normalized spacial score (nSPS) is 16.2. The van der Waals surface area contributed by atoms with Gasteiger partial charge in [0.15, 0.2) is 5.69 Å². The number of pyridine rings is 1. The number of rotatable bonds is 3. The van der Waals surface area contributed by atoms with Crippen LogP contribution in [0, 0.1) is 5.82 Å². The number of carbonyl (C=O) groups excluding carboxylic acids is 1. The topological polar surface area (TPSA) is 77.2 Å². The van der Waals surface area contributed by atoms with Crippen molar-refractivity contribution < 1.29 is 27.1 Å². The molecule has 5 nitrogen and oxygen atoms in total. The van der Waals surface area contributed by atoms with Gasteiger partial charge in [-0.2, -0.15) is 13.2 Å². The Morgan fingerprint density at radius 2 is 1.88 bits per heavy atom. The summed E-state index contributed by atoms with van der Waals surface area (Å²) in [6, 6.07) is 6.14. The predicted molar refractivity (Wildman–Crippen MR) is 80.0 cm³/mol. The lowest BCUT2D eigenvalue weighted by molar-refractivity contribution is -0.137. The molecule has 0 spiro atoms. The summed E-state index contributed by atoms with van der Waals surface area (Å²) in [5.41, 5.74) is 3.52. The number of hydrogen-bond donors (Lipinski definition) is 2. The fourth-order valence-corrected chi connectivity index (χ4v) is 2.49. The van der Waals surface area contributed by atoms with Gasteiger partial charge < -0.3 is 15.8 Å². The van der Waals surface area contributed by atoms with E-state index in [1.165, 1.54) is 24.3 Å². The van der Waals surface area contributed by atoms with Crippen molar-refractivity contribution in [2.24, 2.45) is 0 Å². The van der Waals surface area contributed by atoms with Crippen LogP contribution in [0.2, 0.25) is 0 Å². The average Bonchev–Trinajstić information content (AvgIpc) is 2.50. The molecule has 1 aliphatic rings. The van der Waals surface area contributed by atoms with E-state index in [1.807, 2.05) is 0 Å². The lowest BCUT2D eigenvalue weighted by Crippen LogP contribution is -2.59. The van der Waals surface area contributed by atoms with Crippen molar-refractivity contribution in [3.8, 4) is 0 Å². The fourth-order valence-electron chi connectivity index (χ4n) is 2.49. The highest BCUT2D eigenvalue weighted by molar-refractivity contribution is 5.97. The van der Waals surface area contributed by atoms with Crippen molar-refractivity contribution in [1.29, 1.82) is 0 Å². The zero-order valence-electron chi connectivity index (χ0n) is 12.7. The first-order valence-corrected chi connectivity index (χ1v) is 7.20. The number of nitrogens with two attached hydrogens (primary N) is 1. The molecule has 0 radical (unpaired) electrons. The van der Waals surface area contributed by atoms with Gasteiger partial charge in [0.05, 0.1) is 24.5 Å². The van der Waals surface area contributed by atoms with E-state index >= 15 is 0 Å². The minimum absolute atomic E-state index is 0.144. The van der Waals surface area contributed by atoms with Crippen LogP contribution < -0.4 is 11.1 Å². The van der Waals surface area contributed by atoms with Gasteiger partial charge in [-0.3, -0.25) is 4.79 Å². The molecule has 1 amide bonds. The molecule has 3 N–H and O–H groups in total. The monoisotopic (exact) mass is 355 g/mol. The van der Waals surface area contributed by atoms with E-state index < -0.39 is 29.0 Å². The number of anilines is 1. The second-order valence-corrected chi connectivity index (χ2v) is 5.70. The van der Waals surface area contributed by atoms with Crippen molar-refractivity contribution in [2.75, 3.05) is 18.9 Å². The summed E-state index contributed by atoms with van der Waals surface area (Å²) in [5, 5.41) is 2.67. The fraction of sp³-hybridized carbons (Fsp3) is 0.250. The van der Waals surface area contributed by atoms with Crippen LogP contribution in [0.15, 0.2) is 36.5 Å². The van der Waals surface area contributed by atoms with Gasteiger partial charge >= 0.3 is 6.18 Å². The third-order valence-electron chi connectivity index (χ3n) is 3.91. The van der Waals surface area contributed by atoms with Crippen LogP contribution in [-0.4, -0.2) is 24.1 Å². The molecule has 1 aromatic carbocycles. The van der Waals surface area contributed by atoms with Crippen LogP contribution in [0.5, 0.6) is 0 Å². The van der Waals surface area contributed by atoms with Gasteiger partial charge in [-0.1, -0.05) is 12.1 Å². The number of amides is 1. The molecule has 0 unspecified atom stereocenters. The van der Waals surface area contributed by atoms with Crippen LogP contribution >= 0.6 is 0 Å². The second kappa shape index (κ2) is 5.99. The van der Waals surface area contributed by atoms with E-state index in [9.17, 15) is 22.4 Å². The molecule has 1 fully saturated rings. The number of ether oxygens (including phenoxy) is 1. The number of nitrogens with zero attached hydrogens (tertiary/aromatic N) is 1. The van der Waals surface area contributed by atoms with Crippen molar-refractivity contribution in [1.82, 2.24) is 10.3 Å². The molecule has 2 aromatic rings. The maximum atomic E-state index is 13.1. The largest absolute Gasteiger partial charge is 0.417 e. The molecule has 132 valence electrons. The summed E-state index contributed by atoms with van der Waals surface area (Å²) in [6.45, 7) is 0.288. The molecule has 0 atom stereocenters. The minimum atomic E-state index is -4.60. The Bertz CT molecular complexity index is 802. The number of aromatic nitrogens is 1. The Labute approximate surface area is 139 Å². The van der Waals surface area contributed by atoms with Crippen molar-refractivity contribution in [2.45, 2.75) is 11.7 Å². The Morgan fingerprint density at radius 1 is 1.24 bits per heavy atom. The van der Waals surface area contributed by atoms with Gasteiger partial charge in [-0.15, -0.1) is 0 Å². The number of carbonyl (C=O) groups is 1. The van der Waals surface area contributed by atoms with Gasteiger partial charge in [-0.25, -0.2) is 9.37 Å². The number of nitrogen functional groups attached to an aromatic ring is 1. The molecule has 9 heteroatoms. The Kier molecular flexibility index (Phi) is 4.11. The standard InChI is InChI=1S/C16H13F4N3O2/c17-11-3-1-9(2-4-11)15(7-25-8-15)23-14(24)13-12(21)5-10(6-22-13)16(18,19)20/h1-6H,7-8,21H2,(H,23,24). The zero-order chi connectivity index (χ0) is 18.2. The van der Waals surface area contributed by atoms with Crippen LogP contribution in [0.4, 0.5) is 23.2 Å².